The molecule has 2 N–H and O–H groups in total. The van der Waals surface area contributed by atoms with E-state index in [2.05, 4.69) is 30.2 Å². The Kier molecular flexibility index (Phi) is 5.34. The maximum absolute atomic E-state index is 13.4. The number of aromatic carboxylic acids is 1. The van der Waals surface area contributed by atoms with E-state index in [0.717, 1.165) is 6.07 Å². The largest absolute Gasteiger partial charge is 0.477 e. The predicted molar refractivity (Wildman–Crippen MR) is 105 cm³/mol. The minimum Gasteiger partial charge on any atom is -0.477 e. The van der Waals surface area contributed by atoms with E-state index in [1.54, 1.807) is 0 Å². The molecule has 0 amide bonds. The third-order valence-electron chi connectivity index (χ3n) is 4.39. The lowest BCUT2D eigenvalue weighted by Gasteiger charge is -2.11. The van der Waals surface area contributed by atoms with Gasteiger partial charge in [0.1, 0.15) is 29.4 Å². The van der Waals surface area contributed by atoms with Crippen LogP contribution in [0, 0.1) is 0 Å². The first-order chi connectivity index (χ1) is 15.3. The van der Waals surface area contributed by atoms with Gasteiger partial charge in [0.2, 0.25) is 0 Å². The summed E-state index contributed by atoms with van der Waals surface area (Å²) < 4.78 is 51.5. The monoisotopic (exact) mass is 444 g/mol. The highest BCUT2D eigenvalue weighted by molar-refractivity contribution is 5.88. The van der Waals surface area contributed by atoms with E-state index in [4.69, 9.17) is 5.11 Å². The number of nitrogens with one attached hydrogen (secondary N) is 1. The molecule has 0 bridgehead atoms. The van der Waals surface area contributed by atoms with Crippen LogP contribution in [0.4, 0.5) is 29.1 Å². The summed E-state index contributed by atoms with van der Waals surface area (Å²) >= 11 is 0. The quantitative estimate of drug-likeness (QED) is 0.435. The molecule has 0 atom stereocenters. The number of rotatable bonds is 5. The van der Waals surface area contributed by atoms with Crippen LogP contribution in [0.1, 0.15) is 21.6 Å². The molecule has 162 valence electrons. The first-order valence-corrected chi connectivity index (χ1v) is 8.98. The summed E-state index contributed by atoms with van der Waals surface area (Å²) in [6, 6.07) is 6.09. The molecule has 0 aliphatic heterocycles. The van der Waals surface area contributed by atoms with Gasteiger partial charge in [-0.15, -0.1) is 0 Å². The smallest absolute Gasteiger partial charge is 0.417 e. The number of halogens is 4. The third kappa shape index (κ3) is 4.15. The summed E-state index contributed by atoms with van der Waals surface area (Å²) in [5, 5.41) is 12.0. The molecule has 0 fully saturated rings. The summed E-state index contributed by atoms with van der Waals surface area (Å²) in [4.78, 5) is 31.6. The molecule has 4 aromatic rings. The highest BCUT2D eigenvalue weighted by Crippen LogP contribution is 2.30. The number of carbonyl (C=O) groups is 1. The molecule has 0 spiro atoms. The Labute approximate surface area is 177 Å². The number of alkyl halides is 4. The first kappa shape index (κ1) is 21.0. The van der Waals surface area contributed by atoms with Crippen LogP contribution in [0.5, 0.6) is 0 Å². The van der Waals surface area contributed by atoms with E-state index in [0.29, 0.717) is 11.9 Å². The maximum Gasteiger partial charge on any atom is 0.417 e. The minimum atomic E-state index is -4.50. The van der Waals surface area contributed by atoms with Gasteiger partial charge in [-0.2, -0.15) is 13.2 Å². The van der Waals surface area contributed by atoms with Crippen LogP contribution < -0.4 is 5.32 Å². The van der Waals surface area contributed by atoms with Gasteiger partial charge in [0.25, 0.3) is 0 Å². The van der Waals surface area contributed by atoms with E-state index in [1.807, 2.05) is 0 Å². The number of anilines is 2. The number of fused-ring (bicyclic) bond motifs is 1. The number of carboxylic acid groups (broad SMARTS) is 1. The Morgan fingerprint density at radius 1 is 1.00 bits per heavy atom. The number of nitrogens with zero attached hydrogens (tertiary/aromatic N) is 5. The van der Waals surface area contributed by atoms with Gasteiger partial charge in [0, 0.05) is 18.0 Å². The second kappa shape index (κ2) is 8.13. The zero-order chi connectivity index (χ0) is 22.9. The molecule has 4 aromatic heterocycles. The molecule has 0 aliphatic carbocycles. The molecule has 0 aromatic carbocycles. The minimum absolute atomic E-state index is 0.0198. The van der Waals surface area contributed by atoms with Crippen molar-refractivity contribution in [3.63, 3.8) is 0 Å². The van der Waals surface area contributed by atoms with E-state index in [1.165, 1.54) is 36.7 Å². The molecule has 4 rings (SSSR count). The Balaban J connectivity index is 1.71. The van der Waals surface area contributed by atoms with Crippen molar-refractivity contribution < 1.29 is 27.5 Å². The van der Waals surface area contributed by atoms with E-state index in [-0.39, 0.29) is 39.6 Å². The van der Waals surface area contributed by atoms with Crippen molar-refractivity contribution in [1.29, 1.82) is 0 Å². The van der Waals surface area contributed by atoms with Crippen LogP contribution in [0.15, 0.2) is 48.9 Å². The molecule has 0 saturated heterocycles. The molecule has 0 aliphatic rings. The van der Waals surface area contributed by atoms with E-state index < -0.39 is 24.4 Å². The van der Waals surface area contributed by atoms with Crippen LogP contribution in [-0.2, 0) is 12.9 Å². The SMILES string of the molecule is O=C(O)c1ccc(CF)c(-c2cnc3c(Nc4ccc(C(F)(F)F)cn4)ccnc3n2)n1. The van der Waals surface area contributed by atoms with Crippen molar-refractivity contribution >= 4 is 28.6 Å². The van der Waals surface area contributed by atoms with Crippen LogP contribution >= 0.6 is 0 Å². The zero-order valence-electron chi connectivity index (χ0n) is 15.9. The number of hydrogen-bond acceptors (Lipinski definition) is 7. The summed E-state index contributed by atoms with van der Waals surface area (Å²) in [5.74, 6) is -1.13. The molecule has 0 radical (unpaired) electrons. The van der Waals surface area contributed by atoms with Gasteiger partial charge in [-0.1, -0.05) is 6.07 Å². The second-order valence-electron chi connectivity index (χ2n) is 6.48. The van der Waals surface area contributed by atoms with Crippen molar-refractivity contribution in [3.05, 3.63) is 65.7 Å². The molecule has 8 nitrogen and oxygen atoms in total. The third-order valence-corrected chi connectivity index (χ3v) is 4.39. The van der Waals surface area contributed by atoms with E-state index >= 15 is 0 Å². The summed E-state index contributed by atoms with van der Waals surface area (Å²) in [7, 11) is 0. The summed E-state index contributed by atoms with van der Waals surface area (Å²) in [6.45, 7) is -0.892. The molecule has 32 heavy (non-hydrogen) atoms. The molecule has 12 heteroatoms. The number of carboxylic acids is 1. The van der Waals surface area contributed by atoms with Crippen LogP contribution in [0.2, 0.25) is 0 Å². The lowest BCUT2D eigenvalue weighted by Crippen LogP contribution is -2.06. The molecular formula is C20H12F4N6O2. The Morgan fingerprint density at radius 2 is 1.81 bits per heavy atom. The standard InChI is InChI=1S/C20H12F4N6O2/c21-7-10-1-3-13(19(31)32)29-16(10)14-9-27-17-12(5-6-25-18(17)30-14)28-15-4-2-11(8-26-15)20(22,23)24/h1-6,8-9H,7H2,(H,31,32)(H,25,26,28,30). The summed E-state index contributed by atoms with van der Waals surface area (Å²) in [5.41, 5.74) is -0.119. The highest BCUT2D eigenvalue weighted by atomic mass is 19.4. The van der Waals surface area contributed by atoms with Gasteiger partial charge in [0.05, 0.1) is 23.1 Å². The Bertz CT molecular complexity index is 1310. The van der Waals surface area contributed by atoms with Crippen LogP contribution in [0.3, 0.4) is 0 Å². The normalized spacial score (nSPS) is 11.5. The second-order valence-corrected chi connectivity index (χ2v) is 6.48. The van der Waals surface area contributed by atoms with Gasteiger partial charge < -0.3 is 10.4 Å². The molecular weight excluding hydrogens is 432 g/mol. The van der Waals surface area contributed by atoms with Gasteiger partial charge in [0.15, 0.2) is 5.65 Å². The maximum atomic E-state index is 13.4. The van der Waals surface area contributed by atoms with Gasteiger partial charge >= 0.3 is 12.1 Å². The molecule has 0 unspecified atom stereocenters. The van der Waals surface area contributed by atoms with Gasteiger partial charge in [-0.3, -0.25) is 0 Å². The van der Waals surface area contributed by atoms with Gasteiger partial charge in [-0.05, 0) is 24.3 Å². The fourth-order valence-corrected chi connectivity index (χ4v) is 2.85. The van der Waals surface area contributed by atoms with Crippen LogP contribution in [0.25, 0.3) is 22.6 Å². The Morgan fingerprint density at radius 3 is 2.47 bits per heavy atom. The van der Waals surface area contributed by atoms with Crippen LogP contribution in [-0.4, -0.2) is 36.0 Å². The number of pyridine rings is 3. The zero-order valence-corrected chi connectivity index (χ0v) is 15.9. The van der Waals surface area contributed by atoms with E-state index in [9.17, 15) is 22.4 Å². The number of aromatic nitrogens is 5. The molecule has 4 heterocycles. The van der Waals surface area contributed by atoms with Crippen molar-refractivity contribution in [3.8, 4) is 11.4 Å². The van der Waals surface area contributed by atoms with Gasteiger partial charge in [-0.25, -0.2) is 34.1 Å². The fraction of sp³-hybridized carbons (Fsp3) is 0.100. The van der Waals surface area contributed by atoms with Crippen molar-refractivity contribution in [2.75, 3.05) is 5.32 Å². The lowest BCUT2D eigenvalue weighted by molar-refractivity contribution is -0.137. The average molecular weight is 444 g/mol. The highest BCUT2D eigenvalue weighted by Gasteiger charge is 2.30. The summed E-state index contributed by atoms with van der Waals surface area (Å²) in [6.07, 6.45) is -1.12. The predicted octanol–water partition coefficient (Wildman–Crippen LogP) is 4.41. The number of hydrogen-bond donors (Lipinski definition) is 2. The average Bonchev–Trinajstić information content (AvgIpc) is 2.78. The topological polar surface area (TPSA) is 114 Å². The molecule has 0 saturated carbocycles. The lowest BCUT2D eigenvalue weighted by atomic mass is 10.1. The fourth-order valence-electron chi connectivity index (χ4n) is 2.85. The van der Waals surface area contributed by atoms with Crippen molar-refractivity contribution in [1.82, 2.24) is 24.9 Å². The Hall–Kier alpha value is -4.22. The first-order valence-electron chi connectivity index (χ1n) is 8.98. The van der Waals surface area contributed by atoms with Crippen molar-refractivity contribution in [2.45, 2.75) is 12.9 Å². The van der Waals surface area contributed by atoms with Crippen molar-refractivity contribution in [2.24, 2.45) is 0 Å².